The highest BCUT2D eigenvalue weighted by Crippen LogP contribution is 2.24. The summed E-state index contributed by atoms with van der Waals surface area (Å²) >= 11 is 1.45. The monoisotopic (exact) mass is 268 g/mol. The predicted octanol–water partition coefficient (Wildman–Crippen LogP) is 3.03. The summed E-state index contributed by atoms with van der Waals surface area (Å²) in [5.41, 5.74) is 3.84. The van der Waals surface area contributed by atoms with Crippen molar-refractivity contribution < 1.29 is 0 Å². The Morgan fingerprint density at radius 1 is 1.42 bits per heavy atom. The van der Waals surface area contributed by atoms with E-state index in [0.29, 0.717) is 16.3 Å². The average Bonchev–Trinajstić information content (AvgIpc) is 2.94. The minimum Gasteiger partial charge on any atom is -0.339 e. The Labute approximate surface area is 115 Å². The Hall–Kier alpha value is -2.37. The molecule has 0 aliphatic heterocycles. The van der Waals surface area contributed by atoms with Gasteiger partial charge in [0.2, 0.25) is 0 Å². The fraction of sp³-hybridized carbons (Fsp3) is 0.214. The van der Waals surface area contributed by atoms with Crippen LogP contribution in [0.15, 0.2) is 11.4 Å². The Morgan fingerprint density at radius 2 is 2.16 bits per heavy atom. The summed E-state index contributed by atoms with van der Waals surface area (Å²) < 4.78 is 1.81. The van der Waals surface area contributed by atoms with Crippen LogP contribution in [0.2, 0.25) is 0 Å². The van der Waals surface area contributed by atoms with E-state index in [2.05, 4.69) is 17.1 Å². The minimum atomic E-state index is 0.524. The number of hydrogen-bond donors (Lipinski definition) is 0. The van der Waals surface area contributed by atoms with Crippen LogP contribution in [0.4, 0.5) is 0 Å². The number of nitrogens with zero attached hydrogens (tertiary/aromatic N) is 4. The first-order valence-electron chi connectivity index (χ1n) is 5.67. The maximum absolute atomic E-state index is 9.25. The van der Waals surface area contributed by atoms with E-state index in [4.69, 9.17) is 5.26 Å². The molecule has 0 N–H and O–H groups in total. The summed E-state index contributed by atoms with van der Waals surface area (Å²) in [6, 6.07) is 6.09. The molecule has 2 aromatic heterocycles. The van der Waals surface area contributed by atoms with Crippen LogP contribution in [0.5, 0.6) is 0 Å². The highest BCUT2D eigenvalue weighted by atomic mass is 32.1. The number of thiazole rings is 1. The number of aryl methyl sites for hydroxylation is 1. The summed E-state index contributed by atoms with van der Waals surface area (Å²) in [4.78, 5) is 4.31. The lowest BCUT2D eigenvalue weighted by molar-refractivity contribution is 0.865. The molecular formula is C14H12N4S. The van der Waals surface area contributed by atoms with E-state index in [9.17, 15) is 5.26 Å². The van der Waals surface area contributed by atoms with Crippen LogP contribution < -0.4 is 0 Å². The van der Waals surface area contributed by atoms with Gasteiger partial charge in [0.05, 0.1) is 5.57 Å². The lowest BCUT2D eigenvalue weighted by Gasteiger charge is -1.98. The molecule has 2 aromatic rings. The van der Waals surface area contributed by atoms with Gasteiger partial charge in [-0.05, 0) is 31.6 Å². The van der Waals surface area contributed by atoms with Gasteiger partial charge in [-0.15, -0.1) is 11.3 Å². The molecule has 19 heavy (non-hydrogen) atoms. The van der Waals surface area contributed by atoms with Gasteiger partial charge in [0.1, 0.15) is 22.8 Å². The van der Waals surface area contributed by atoms with Crippen molar-refractivity contribution in [2.45, 2.75) is 13.8 Å². The van der Waals surface area contributed by atoms with Crippen molar-refractivity contribution in [3.8, 4) is 12.1 Å². The van der Waals surface area contributed by atoms with E-state index < -0.39 is 0 Å². The summed E-state index contributed by atoms with van der Waals surface area (Å²) in [6.07, 6.45) is 1.79. The third-order valence-electron chi connectivity index (χ3n) is 2.96. The van der Waals surface area contributed by atoms with Crippen LogP contribution in [0.25, 0.3) is 11.6 Å². The molecule has 0 aliphatic rings. The van der Waals surface area contributed by atoms with Crippen molar-refractivity contribution in [3.63, 3.8) is 0 Å². The molecule has 2 rings (SSSR count). The second kappa shape index (κ2) is 5.09. The molecular weight excluding hydrogens is 256 g/mol. The summed E-state index contributed by atoms with van der Waals surface area (Å²) in [7, 11) is 1.84. The van der Waals surface area contributed by atoms with Crippen LogP contribution in [-0.2, 0) is 7.05 Å². The summed E-state index contributed by atoms with van der Waals surface area (Å²) in [5.74, 6) is 0. The molecule has 0 aliphatic carbocycles. The zero-order valence-corrected chi connectivity index (χ0v) is 11.7. The maximum atomic E-state index is 9.25. The highest BCUT2D eigenvalue weighted by Gasteiger charge is 2.10. The number of allylic oxidation sites excluding steroid dienone is 1. The van der Waals surface area contributed by atoms with Crippen molar-refractivity contribution in [2.75, 3.05) is 0 Å². The predicted molar refractivity (Wildman–Crippen MR) is 75.2 cm³/mol. The first kappa shape index (κ1) is 13.1. The van der Waals surface area contributed by atoms with E-state index in [1.807, 2.05) is 30.8 Å². The van der Waals surface area contributed by atoms with Crippen LogP contribution in [-0.4, -0.2) is 9.55 Å². The highest BCUT2D eigenvalue weighted by molar-refractivity contribution is 7.11. The molecule has 0 spiro atoms. The van der Waals surface area contributed by atoms with Crippen molar-refractivity contribution >= 4 is 23.0 Å². The van der Waals surface area contributed by atoms with Gasteiger partial charge in [-0.3, -0.25) is 0 Å². The van der Waals surface area contributed by atoms with Crippen molar-refractivity contribution in [1.82, 2.24) is 9.55 Å². The molecule has 5 heteroatoms. The van der Waals surface area contributed by atoms with Crippen molar-refractivity contribution in [2.24, 2.45) is 7.05 Å². The molecule has 0 saturated carbocycles. The molecule has 0 radical (unpaired) electrons. The molecule has 94 valence electrons. The van der Waals surface area contributed by atoms with E-state index >= 15 is 0 Å². The summed E-state index contributed by atoms with van der Waals surface area (Å²) in [5, 5.41) is 20.9. The van der Waals surface area contributed by atoms with E-state index in [-0.39, 0.29) is 0 Å². The normalized spacial score (nSPS) is 11.1. The van der Waals surface area contributed by atoms with Crippen molar-refractivity contribution in [1.29, 1.82) is 10.5 Å². The number of aromatic nitrogens is 2. The van der Waals surface area contributed by atoms with Gasteiger partial charge < -0.3 is 4.57 Å². The zero-order valence-electron chi connectivity index (χ0n) is 10.9. The third-order valence-corrected chi connectivity index (χ3v) is 3.95. The van der Waals surface area contributed by atoms with Crippen molar-refractivity contribution in [3.05, 3.63) is 39.1 Å². The van der Waals surface area contributed by atoms with Gasteiger partial charge in [-0.25, -0.2) is 4.98 Å². The van der Waals surface area contributed by atoms with E-state index in [1.54, 1.807) is 12.1 Å². The average molecular weight is 268 g/mol. The largest absolute Gasteiger partial charge is 0.339 e. The van der Waals surface area contributed by atoms with Gasteiger partial charge in [-0.2, -0.15) is 10.5 Å². The minimum absolute atomic E-state index is 0.524. The second-order valence-corrected chi connectivity index (χ2v) is 5.06. The molecule has 0 aromatic carbocycles. The van der Waals surface area contributed by atoms with Crippen LogP contribution in [0, 0.1) is 36.5 Å². The summed E-state index contributed by atoms with van der Waals surface area (Å²) in [6.45, 7) is 3.82. The van der Waals surface area contributed by atoms with Gasteiger partial charge >= 0.3 is 0 Å². The van der Waals surface area contributed by atoms with Crippen LogP contribution >= 0.6 is 11.3 Å². The van der Waals surface area contributed by atoms with E-state index in [1.165, 1.54) is 11.3 Å². The molecule has 0 saturated heterocycles. The van der Waals surface area contributed by atoms with E-state index in [0.717, 1.165) is 17.0 Å². The lowest BCUT2D eigenvalue weighted by Crippen LogP contribution is -1.93. The lowest BCUT2D eigenvalue weighted by atomic mass is 10.1. The first-order valence-corrected chi connectivity index (χ1v) is 6.55. The molecule has 0 fully saturated rings. The first-order chi connectivity index (χ1) is 9.06. The number of rotatable bonds is 2. The van der Waals surface area contributed by atoms with Crippen LogP contribution in [0.1, 0.15) is 27.7 Å². The van der Waals surface area contributed by atoms with Gasteiger partial charge in [0.15, 0.2) is 0 Å². The fourth-order valence-corrected chi connectivity index (χ4v) is 2.51. The molecule has 0 amide bonds. The molecule has 0 bridgehead atoms. The van der Waals surface area contributed by atoms with Gasteiger partial charge in [-0.1, -0.05) is 0 Å². The number of hydrogen-bond acceptors (Lipinski definition) is 4. The SMILES string of the molecule is Cc1csc(/C(C#N)=C\c2cc(C#N)n(C)c2C)n1. The maximum Gasteiger partial charge on any atom is 0.134 e. The Balaban J connectivity index is 2.51. The zero-order chi connectivity index (χ0) is 14.0. The third kappa shape index (κ3) is 2.42. The second-order valence-electron chi connectivity index (χ2n) is 4.21. The quantitative estimate of drug-likeness (QED) is 0.786. The Bertz CT molecular complexity index is 735. The molecule has 0 unspecified atom stereocenters. The molecule has 2 heterocycles. The smallest absolute Gasteiger partial charge is 0.134 e. The Kier molecular flexibility index (Phi) is 3.50. The Morgan fingerprint density at radius 3 is 2.63 bits per heavy atom. The van der Waals surface area contributed by atoms with Crippen LogP contribution in [0.3, 0.4) is 0 Å². The molecule has 0 atom stereocenters. The van der Waals surface area contributed by atoms with Gasteiger partial charge in [0, 0.05) is 23.8 Å². The fourth-order valence-electron chi connectivity index (χ4n) is 1.75. The number of nitriles is 2. The standard InChI is InChI=1S/C14H12N4S/c1-9-8-19-14(17-9)12(6-15)4-11-5-13(7-16)18(3)10(11)2/h4-5,8H,1-3H3/b12-4-. The van der Waals surface area contributed by atoms with Gasteiger partial charge in [0.25, 0.3) is 0 Å². The molecule has 4 nitrogen and oxygen atoms in total. The topological polar surface area (TPSA) is 65.4 Å².